The fourth-order valence-corrected chi connectivity index (χ4v) is 3.04. The Labute approximate surface area is 148 Å². The minimum absolute atomic E-state index is 0.173. The van der Waals surface area contributed by atoms with E-state index in [0.717, 1.165) is 31.3 Å². The van der Waals surface area contributed by atoms with Gasteiger partial charge in [-0.3, -0.25) is 9.59 Å². The van der Waals surface area contributed by atoms with Crippen LogP contribution in [0.2, 0.25) is 0 Å². The second-order valence-corrected chi connectivity index (χ2v) is 7.01. The molecular formula is C20H27NO4. The van der Waals surface area contributed by atoms with Crippen LogP contribution in [0.5, 0.6) is 11.5 Å². The van der Waals surface area contributed by atoms with Crippen LogP contribution in [-0.2, 0) is 4.79 Å². The summed E-state index contributed by atoms with van der Waals surface area (Å²) in [5.74, 6) is -0.505. The summed E-state index contributed by atoms with van der Waals surface area (Å²) in [6.07, 6.45) is 4.59. The fourth-order valence-electron chi connectivity index (χ4n) is 3.04. The highest BCUT2D eigenvalue weighted by Crippen LogP contribution is 2.40. The van der Waals surface area contributed by atoms with Crippen LogP contribution in [0.4, 0.5) is 0 Å². The second-order valence-electron chi connectivity index (χ2n) is 7.01. The molecule has 1 aliphatic rings. The van der Waals surface area contributed by atoms with E-state index < -0.39 is 0 Å². The molecule has 0 heterocycles. The largest absolute Gasteiger partial charge is 0.504 e. The highest BCUT2D eigenvalue weighted by Gasteiger charge is 2.31. The smallest absolute Gasteiger partial charge is 0.224 e. The molecule has 0 saturated heterocycles. The molecule has 5 nitrogen and oxygen atoms in total. The van der Waals surface area contributed by atoms with Crippen LogP contribution >= 0.6 is 0 Å². The van der Waals surface area contributed by atoms with Crippen molar-refractivity contribution in [1.82, 2.24) is 5.32 Å². The molecule has 0 fully saturated rings. The number of carbonyl (C=O) groups excluding carboxylic acids is 2. The zero-order valence-electron chi connectivity index (χ0n) is 15.2. The van der Waals surface area contributed by atoms with E-state index in [2.05, 4.69) is 19.2 Å². The summed E-state index contributed by atoms with van der Waals surface area (Å²) in [6.45, 7) is 6.28. The van der Waals surface area contributed by atoms with Crippen LogP contribution in [0.25, 0.3) is 5.57 Å². The molecule has 0 aromatic heterocycles. The molecule has 0 unspecified atom stereocenters. The van der Waals surface area contributed by atoms with Crippen LogP contribution in [0.3, 0.4) is 0 Å². The van der Waals surface area contributed by atoms with E-state index in [4.69, 9.17) is 0 Å². The molecule has 1 amide bonds. The van der Waals surface area contributed by atoms with Crippen molar-refractivity contribution in [2.45, 2.75) is 59.3 Å². The number of phenolic OH excluding ortho intramolecular Hbond substituents is 2. The number of Topliss-reactive ketones (excluding diaryl/α,β-unsaturated/α-hetero) is 1. The number of rotatable bonds is 8. The Morgan fingerprint density at radius 1 is 1.12 bits per heavy atom. The van der Waals surface area contributed by atoms with Gasteiger partial charge in [-0.15, -0.1) is 0 Å². The first-order chi connectivity index (χ1) is 11.8. The highest BCUT2D eigenvalue weighted by atomic mass is 16.3. The summed E-state index contributed by atoms with van der Waals surface area (Å²) in [4.78, 5) is 24.8. The molecule has 0 atom stereocenters. The molecule has 25 heavy (non-hydrogen) atoms. The third-order valence-electron chi connectivity index (χ3n) is 4.44. The molecule has 0 saturated carbocycles. The summed E-state index contributed by atoms with van der Waals surface area (Å²) >= 11 is 0. The van der Waals surface area contributed by atoms with Gasteiger partial charge in [0.15, 0.2) is 11.5 Å². The first-order valence-corrected chi connectivity index (χ1v) is 8.99. The lowest BCUT2D eigenvalue weighted by Crippen LogP contribution is -2.26. The molecule has 5 heteroatoms. The molecule has 2 rings (SSSR count). The van der Waals surface area contributed by atoms with Crippen LogP contribution < -0.4 is 5.32 Å². The first kappa shape index (κ1) is 19.0. The number of nitrogens with one attached hydrogen (secondary N) is 1. The SMILES string of the molecule is CCCCC(=O)NC1=C(CCCC(C)C)c2cc(O)c(O)cc2C1=O. The Bertz CT molecular complexity index is 704. The second kappa shape index (κ2) is 8.19. The molecule has 0 bridgehead atoms. The number of ketones is 1. The molecule has 3 N–H and O–H groups in total. The van der Waals surface area contributed by atoms with Gasteiger partial charge in [0.1, 0.15) is 0 Å². The average molecular weight is 345 g/mol. The first-order valence-electron chi connectivity index (χ1n) is 8.99. The van der Waals surface area contributed by atoms with Gasteiger partial charge >= 0.3 is 0 Å². The van der Waals surface area contributed by atoms with Crippen LogP contribution in [0, 0.1) is 5.92 Å². The van der Waals surface area contributed by atoms with Crippen molar-refractivity contribution in [3.8, 4) is 11.5 Å². The van der Waals surface area contributed by atoms with Crippen molar-refractivity contribution in [1.29, 1.82) is 0 Å². The normalized spacial score (nSPS) is 13.5. The number of benzene rings is 1. The van der Waals surface area contributed by atoms with E-state index in [0.29, 0.717) is 35.6 Å². The highest BCUT2D eigenvalue weighted by molar-refractivity contribution is 6.22. The van der Waals surface area contributed by atoms with Crippen LogP contribution in [0.15, 0.2) is 17.8 Å². The Morgan fingerprint density at radius 3 is 2.36 bits per heavy atom. The van der Waals surface area contributed by atoms with E-state index >= 15 is 0 Å². The lowest BCUT2D eigenvalue weighted by atomic mass is 9.97. The molecule has 0 aliphatic heterocycles. The van der Waals surface area contributed by atoms with E-state index in [-0.39, 0.29) is 23.2 Å². The molecule has 1 aliphatic carbocycles. The van der Waals surface area contributed by atoms with Gasteiger partial charge in [-0.1, -0.05) is 33.6 Å². The summed E-state index contributed by atoms with van der Waals surface area (Å²) in [7, 11) is 0. The summed E-state index contributed by atoms with van der Waals surface area (Å²) < 4.78 is 0. The lowest BCUT2D eigenvalue weighted by Gasteiger charge is -2.11. The minimum atomic E-state index is -0.327. The van der Waals surface area contributed by atoms with Crippen molar-refractivity contribution < 1.29 is 19.8 Å². The van der Waals surface area contributed by atoms with Crippen LogP contribution in [0.1, 0.15) is 75.2 Å². The van der Waals surface area contributed by atoms with Gasteiger partial charge in [0.05, 0.1) is 5.70 Å². The number of amides is 1. The number of allylic oxidation sites excluding steroid dienone is 2. The fraction of sp³-hybridized carbons (Fsp3) is 0.500. The number of aromatic hydroxyl groups is 2. The molecule has 1 aromatic rings. The number of phenols is 2. The van der Waals surface area contributed by atoms with Crippen molar-refractivity contribution in [3.05, 3.63) is 29.0 Å². The third-order valence-corrected chi connectivity index (χ3v) is 4.44. The number of hydrogen-bond donors (Lipinski definition) is 3. The van der Waals surface area contributed by atoms with E-state index in [9.17, 15) is 19.8 Å². The van der Waals surface area contributed by atoms with Crippen molar-refractivity contribution in [2.24, 2.45) is 5.92 Å². The third kappa shape index (κ3) is 4.41. The van der Waals surface area contributed by atoms with E-state index in [1.807, 2.05) is 6.92 Å². The summed E-state index contributed by atoms with van der Waals surface area (Å²) in [5.41, 5.74) is 1.99. The van der Waals surface area contributed by atoms with Gasteiger partial charge in [0, 0.05) is 12.0 Å². The number of fused-ring (bicyclic) bond motifs is 1. The topological polar surface area (TPSA) is 86.6 Å². The molecule has 0 spiro atoms. The number of unbranched alkanes of at least 4 members (excludes halogenated alkanes) is 1. The van der Waals surface area contributed by atoms with Crippen LogP contribution in [-0.4, -0.2) is 21.9 Å². The molecule has 0 radical (unpaired) electrons. The van der Waals surface area contributed by atoms with Gasteiger partial charge in [-0.25, -0.2) is 0 Å². The Balaban J connectivity index is 2.32. The molecular weight excluding hydrogens is 318 g/mol. The van der Waals surface area contributed by atoms with Gasteiger partial charge in [0.25, 0.3) is 0 Å². The average Bonchev–Trinajstić information content (AvgIpc) is 2.78. The molecule has 1 aromatic carbocycles. The quantitative estimate of drug-likeness (QED) is 0.618. The number of hydrogen-bond acceptors (Lipinski definition) is 4. The Kier molecular flexibility index (Phi) is 6.23. The zero-order chi connectivity index (χ0) is 18.6. The summed E-state index contributed by atoms with van der Waals surface area (Å²) in [6, 6.07) is 2.69. The van der Waals surface area contributed by atoms with Gasteiger partial charge < -0.3 is 15.5 Å². The Hall–Kier alpha value is -2.30. The maximum atomic E-state index is 12.7. The van der Waals surface area contributed by atoms with Gasteiger partial charge in [-0.2, -0.15) is 0 Å². The minimum Gasteiger partial charge on any atom is -0.504 e. The predicted molar refractivity (Wildman–Crippen MR) is 97.4 cm³/mol. The monoisotopic (exact) mass is 345 g/mol. The van der Waals surface area contributed by atoms with Crippen molar-refractivity contribution >= 4 is 17.3 Å². The van der Waals surface area contributed by atoms with E-state index in [1.54, 1.807) is 0 Å². The van der Waals surface area contributed by atoms with E-state index in [1.165, 1.54) is 12.1 Å². The maximum absolute atomic E-state index is 12.7. The summed E-state index contributed by atoms with van der Waals surface area (Å²) in [5, 5.41) is 22.3. The molecule has 136 valence electrons. The van der Waals surface area contributed by atoms with Gasteiger partial charge in [0.2, 0.25) is 11.7 Å². The maximum Gasteiger partial charge on any atom is 0.224 e. The predicted octanol–water partition coefficient (Wildman–Crippen LogP) is 4.14. The van der Waals surface area contributed by atoms with Crippen molar-refractivity contribution in [3.63, 3.8) is 0 Å². The van der Waals surface area contributed by atoms with Crippen molar-refractivity contribution in [2.75, 3.05) is 0 Å². The number of carbonyl (C=O) groups is 2. The zero-order valence-corrected chi connectivity index (χ0v) is 15.2. The lowest BCUT2D eigenvalue weighted by molar-refractivity contribution is -0.120. The van der Waals surface area contributed by atoms with Gasteiger partial charge in [-0.05, 0) is 48.4 Å². The Morgan fingerprint density at radius 2 is 1.76 bits per heavy atom. The standard InChI is InChI=1S/C20H27NO4/c1-4-5-9-18(24)21-19-13(8-6-7-12(2)3)14-10-16(22)17(23)11-15(14)20(19)25/h10-12,22-23H,4-9H2,1-3H3,(H,21,24,25).